The molecule has 7 heteroatoms. The molecule has 1 aromatic heterocycles. The van der Waals surface area contributed by atoms with Gasteiger partial charge < -0.3 is 15.3 Å². The summed E-state index contributed by atoms with van der Waals surface area (Å²) in [5.74, 6) is -1.97. The quantitative estimate of drug-likeness (QED) is 0.505. The molecular formula is C25H30FNO5. The average molecular weight is 444 g/mol. The fourth-order valence-electron chi connectivity index (χ4n) is 3.36. The third-order valence-corrected chi connectivity index (χ3v) is 5.27. The summed E-state index contributed by atoms with van der Waals surface area (Å²) in [7, 11) is 0. The first-order valence-corrected chi connectivity index (χ1v) is 10.6. The SMILES string of the molecule is CC(=O)C(C)c1cc(-c2ccc(F)cc2)c(C=C[C@@H](O)C[C@@H](O)CC(=O)O)c(C(C)C)n1. The van der Waals surface area contributed by atoms with Crippen LogP contribution in [-0.2, 0) is 9.59 Å². The number of aliphatic carboxylic acids is 1. The zero-order valence-corrected chi connectivity index (χ0v) is 18.7. The molecule has 0 spiro atoms. The fraction of sp³-hybridized carbons (Fsp3) is 0.400. The molecule has 3 atom stereocenters. The van der Waals surface area contributed by atoms with E-state index < -0.39 is 30.5 Å². The predicted molar refractivity (Wildman–Crippen MR) is 121 cm³/mol. The van der Waals surface area contributed by atoms with E-state index >= 15 is 0 Å². The van der Waals surface area contributed by atoms with Crippen LogP contribution in [0.3, 0.4) is 0 Å². The lowest BCUT2D eigenvalue weighted by Gasteiger charge is -2.19. The highest BCUT2D eigenvalue weighted by Crippen LogP contribution is 2.33. The number of aliphatic hydroxyl groups excluding tert-OH is 2. The molecule has 1 heterocycles. The van der Waals surface area contributed by atoms with E-state index in [1.54, 1.807) is 31.2 Å². The number of carboxylic acids is 1. The second-order valence-electron chi connectivity index (χ2n) is 8.30. The van der Waals surface area contributed by atoms with Crippen molar-refractivity contribution in [3.05, 3.63) is 59.2 Å². The number of rotatable bonds is 10. The van der Waals surface area contributed by atoms with Crippen LogP contribution in [0.15, 0.2) is 36.4 Å². The smallest absolute Gasteiger partial charge is 0.305 e. The molecule has 0 radical (unpaired) electrons. The van der Waals surface area contributed by atoms with E-state index in [-0.39, 0.29) is 23.9 Å². The Hall–Kier alpha value is -2.90. The predicted octanol–water partition coefficient (Wildman–Crippen LogP) is 4.30. The van der Waals surface area contributed by atoms with Crippen molar-refractivity contribution in [1.29, 1.82) is 0 Å². The van der Waals surface area contributed by atoms with Crippen molar-refractivity contribution in [1.82, 2.24) is 4.98 Å². The lowest BCUT2D eigenvalue weighted by atomic mass is 9.90. The van der Waals surface area contributed by atoms with Gasteiger partial charge in [-0.25, -0.2) is 4.39 Å². The zero-order valence-electron chi connectivity index (χ0n) is 18.7. The molecule has 0 aliphatic carbocycles. The van der Waals surface area contributed by atoms with Gasteiger partial charge in [-0.2, -0.15) is 0 Å². The Morgan fingerprint density at radius 3 is 2.28 bits per heavy atom. The number of nitrogens with zero attached hydrogens (tertiary/aromatic N) is 1. The highest BCUT2D eigenvalue weighted by molar-refractivity contribution is 5.84. The summed E-state index contributed by atoms with van der Waals surface area (Å²) in [6.07, 6.45) is 0.337. The largest absolute Gasteiger partial charge is 0.481 e. The summed E-state index contributed by atoms with van der Waals surface area (Å²) in [6.45, 7) is 7.21. The summed E-state index contributed by atoms with van der Waals surface area (Å²) in [4.78, 5) is 27.4. The lowest BCUT2D eigenvalue weighted by Crippen LogP contribution is -2.19. The number of hydrogen-bond acceptors (Lipinski definition) is 5. The second kappa shape index (κ2) is 11.1. The Labute approximate surface area is 187 Å². The van der Waals surface area contributed by atoms with Crippen molar-refractivity contribution in [3.63, 3.8) is 0 Å². The van der Waals surface area contributed by atoms with Crippen LogP contribution in [0.5, 0.6) is 0 Å². The molecule has 0 fully saturated rings. The minimum Gasteiger partial charge on any atom is -0.481 e. The molecule has 172 valence electrons. The molecule has 6 nitrogen and oxygen atoms in total. The van der Waals surface area contributed by atoms with Gasteiger partial charge in [0.1, 0.15) is 11.6 Å². The zero-order chi connectivity index (χ0) is 24.0. The highest BCUT2D eigenvalue weighted by atomic mass is 19.1. The van der Waals surface area contributed by atoms with Gasteiger partial charge in [0.25, 0.3) is 0 Å². The molecule has 0 aliphatic rings. The molecule has 0 aliphatic heterocycles. The van der Waals surface area contributed by atoms with Crippen molar-refractivity contribution in [2.75, 3.05) is 0 Å². The van der Waals surface area contributed by atoms with Gasteiger partial charge in [0.2, 0.25) is 0 Å². The summed E-state index contributed by atoms with van der Waals surface area (Å²) in [6, 6.07) is 7.78. The molecule has 1 aromatic carbocycles. The normalized spacial score (nSPS) is 14.5. The molecule has 3 N–H and O–H groups in total. The van der Waals surface area contributed by atoms with Gasteiger partial charge in [-0.3, -0.25) is 14.6 Å². The van der Waals surface area contributed by atoms with Gasteiger partial charge in [-0.15, -0.1) is 0 Å². The first-order valence-electron chi connectivity index (χ1n) is 10.6. The van der Waals surface area contributed by atoms with E-state index in [0.29, 0.717) is 17.0 Å². The van der Waals surface area contributed by atoms with Crippen LogP contribution >= 0.6 is 0 Å². The van der Waals surface area contributed by atoms with Crippen molar-refractivity contribution in [3.8, 4) is 11.1 Å². The molecule has 1 unspecified atom stereocenters. The topological polar surface area (TPSA) is 108 Å². The Kier molecular flexibility index (Phi) is 8.80. The first kappa shape index (κ1) is 25.4. The highest BCUT2D eigenvalue weighted by Gasteiger charge is 2.20. The molecular weight excluding hydrogens is 413 g/mol. The van der Waals surface area contributed by atoms with Gasteiger partial charge in [0.15, 0.2) is 0 Å². The maximum atomic E-state index is 13.5. The van der Waals surface area contributed by atoms with Crippen LogP contribution < -0.4 is 0 Å². The van der Waals surface area contributed by atoms with Gasteiger partial charge in [0.05, 0.1) is 35.9 Å². The second-order valence-corrected chi connectivity index (χ2v) is 8.30. The van der Waals surface area contributed by atoms with Gasteiger partial charge in [-0.1, -0.05) is 38.1 Å². The van der Waals surface area contributed by atoms with E-state index in [0.717, 1.165) is 11.1 Å². The number of benzene rings is 1. The number of halogens is 1. The van der Waals surface area contributed by atoms with Gasteiger partial charge in [0, 0.05) is 12.0 Å². The number of ketones is 1. The van der Waals surface area contributed by atoms with Gasteiger partial charge >= 0.3 is 5.97 Å². The molecule has 0 saturated heterocycles. The summed E-state index contributed by atoms with van der Waals surface area (Å²) in [5, 5.41) is 28.8. The van der Waals surface area contributed by atoms with Crippen LogP contribution in [0.25, 0.3) is 17.2 Å². The lowest BCUT2D eigenvalue weighted by molar-refractivity contribution is -0.139. The van der Waals surface area contributed by atoms with E-state index in [2.05, 4.69) is 0 Å². The molecule has 32 heavy (non-hydrogen) atoms. The number of pyridine rings is 1. The van der Waals surface area contributed by atoms with E-state index in [4.69, 9.17) is 10.1 Å². The van der Waals surface area contributed by atoms with Crippen molar-refractivity contribution in [2.45, 2.75) is 64.6 Å². The third kappa shape index (κ3) is 6.80. The maximum absolute atomic E-state index is 13.5. The number of aromatic nitrogens is 1. The van der Waals surface area contributed by atoms with Crippen LogP contribution in [0.1, 0.15) is 69.3 Å². The summed E-state index contributed by atoms with van der Waals surface area (Å²) < 4.78 is 13.5. The fourth-order valence-corrected chi connectivity index (χ4v) is 3.36. The average Bonchev–Trinajstić information content (AvgIpc) is 2.70. The summed E-state index contributed by atoms with van der Waals surface area (Å²) in [5.41, 5.74) is 3.49. The maximum Gasteiger partial charge on any atom is 0.305 e. The van der Waals surface area contributed by atoms with Gasteiger partial charge in [-0.05, 0) is 49.1 Å². The number of carboxylic acid groups (broad SMARTS) is 1. The molecule has 2 rings (SSSR count). The number of carbonyl (C=O) groups excluding carboxylic acids is 1. The van der Waals surface area contributed by atoms with Crippen LogP contribution in [0, 0.1) is 5.82 Å². The minimum atomic E-state index is -1.18. The third-order valence-electron chi connectivity index (χ3n) is 5.27. The van der Waals surface area contributed by atoms with E-state index in [9.17, 15) is 24.2 Å². The van der Waals surface area contributed by atoms with Crippen molar-refractivity contribution >= 4 is 17.8 Å². The van der Waals surface area contributed by atoms with E-state index in [1.807, 2.05) is 13.8 Å². The Morgan fingerprint density at radius 1 is 1.12 bits per heavy atom. The van der Waals surface area contributed by atoms with Crippen LogP contribution in [0.4, 0.5) is 4.39 Å². The molecule has 2 aromatic rings. The molecule has 0 amide bonds. The molecule has 0 saturated carbocycles. The van der Waals surface area contributed by atoms with Crippen molar-refractivity contribution < 1.29 is 29.3 Å². The monoisotopic (exact) mass is 443 g/mol. The first-order chi connectivity index (χ1) is 15.0. The number of Topliss-reactive ketones (excluding diaryl/α,β-unsaturated/α-hetero) is 1. The Bertz CT molecular complexity index is 985. The number of carbonyl (C=O) groups is 2. The number of aliphatic hydroxyl groups is 2. The Morgan fingerprint density at radius 2 is 1.75 bits per heavy atom. The van der Waals surface area contributed by atoms with Crippen LogP contribution in [0.2, 0.25) is 0 Å². The van der Waals surface area contributed by atoms with E-state index in [1.165, 1.54) is 25.1 Å². The van der Waals surface area contributed by atoms with Crippen LogP contribution in [-0.4, -0.2) is 44.3 Å². The van der Waals surface area contributed by atoms with Crippen molar-refractivity contribution in [2.24, 2.45) is 0 Å². The number of hydrogen-bond donors (Lipinski definition) is 3. The minimum absolute atomic E-state index is 0.0114. The molecule has 0 bridgehead atoms. The standard InChI is InChI=1S/C25H30FNO5/c1-14(2)25-21(10-9-19(29)11-20(30)12-24(31)32)22(17-5-7-18(26)8-6-17)13-23(27-25)15(3)16(4)28/h5-10,13-15,19-20,29-30H,11-12H2,1-4H3,(H,31,32)/t15?,19-,20-/m1/s1. The summed E-state index contributed by atoms with van der Waals surface area (Å²) >= 11 is 0. The Balaban J connectivity index is 2.56.